The summed E-state index contributed by atoms with van der Waals surface area (Å²) in [6, 6.07) is 12.2. The zero-order valence-electron chi connectivity index (χ0n) is 14.3. The van der Waals surface area contributed by atoms with Crippen molar-refractivity contribution in [1.29, 1.82) is 0 Å². The van der Waals surface area contributed by atoms with Gasteiger partial charge in [-0.3, -0.25) is 4.79 Å². The second-order valence-electron chi connectivity index (χ2n) is 6.62. The van der Waals surface area contributed by atoms with Gasteiger partial charge in [0, 0.05) is 16.4 Å². The summed E-state index contributed by atoms with van der Waals surface area (Å²) in [5.74, 6) is -0.363. The highest BCUT2D eigenvalue weighted by molar-refractivity contribution is 9.10. The van der Waals surface area contributed by atoms with Crippen LogP contribution in [0.3, 0.4) is 0 Å². The van der Waals surface area contributed by atoms with Crippen LogP contribution >= 0.6 is 15.9 Å². The maximum Gasteiger partial charge on any atom is 0.252 e. The van der Waals surface area contributed by atoms with Gasteiger partial charge in [0.15, 0.2) is 0 Å². The van der Waals surface area contributed by atoms with E-state index in [0.29, 0.717) is 11.0 Å². The molecule has 0 atom stereocenters. The smallest absolute Gasteiger partial charge is 0.252 e. The second kappa shape index (κ2) is 7.27. The predicted octanol–water partition coefficient (Wildman–Crippen LogP) is 3.11. The standard InChI is InChI=1S/C18H21BrN2O3S/c1-12-5-4-6-13(9-12)18(2,3)11-21-17(22)15-10-14(25(20,23)24)7-8-16(15)19/h4-10H,11H2,1-3H3,(H,21,22)(H2,20,23,24). The summed E-state index contributed by atoms with van der Waals surface area (Å²) in [6.45, 7) is 6.51. The van der Waals surface area contributed by atoms with Crippen LogP contribution in [0.1, 0.15) is 35.3 Å². The summed E-state index contributed by atoms with van der Waals surface area (Å²) in [5, 5.41) is 8.01. The number of hydrogen-bond donors (Lipinski definition) is 2. The number of nitrogens with one attached hydrogen (secondary N) is 1. The highest BCUT2D eigenvalue weighted by Crippen LogP contribution is 2.24. The molecule has 3 N–H and O–H groups in total. The van der Waals surface area contributed by atoms with E-state index < -0.39 is 10.0 Å². The van der Waals surface area contributed by atoms with Crippen molar-refractivity contribution in [3.8, 4) is 0 Å². The van der Waals surface area contributed by atoms with Gasteiger partial charge in [-0.1, -0.05) is 43.7 Å². The number of carbonyl (C=O) groups is 1. The van der Waals surface area contributed by atoms with Crippen molar-refractivity contribution in [3.05, 3.63) is 63.6 Å². The molecule has 7 heteroatoms. The molecule has 0 aliphatic rings. The minimum Gasteiger partial charge on any atom is -0.351 e. The molecular weight excluding hydrogens is 404 g/mol. The Kier molecular flexibility index (Phi) is 5.71. The van der Waals surface area contributed by atoms with Crippen LogP contribution < -0.4 is 10.5 Å². The Bertz CT molecular complexity index is 908. The lowest BCUT2D eigenvalue weighted by Crippen LogP contribution is -2.37. The Morgan fingerprint density at radius 1 is 1.20 bits per heavy atom. The van der Waals surface area contributed by atoms with Gasteiger partial charge in [-0.05, 0) is 46.6 Å². The molecule has 0 spiro atoms. The van der Waals surface area contributed by atoms with E-state index >= 15 is 0 Å². The monoisotopic (exact) mass is 424 g/mol. The topological polar surface area (TPSA) is 89.3 Å². The van der Waals surface area contributed by atoms with Crippen LogP contribution in [-0.4, -0.2) is 20.9 Å². The van der Waals surface area contributed by atoms with Crippen molar-refractivity contribution in [2.75, 3.05) is 6.54 Å². The van der Waals surface area contributed by atoms with E-state index in [0.717, 1.165) is 11.1 Å². The Morgan fingerprint density at radius 3 is 2.48 bits per heavy atom. The summed E-state index contributed by atoms with van der Waals surface area (Å²) >= 11 is 3.28. The van der Waals surface area contributed by atoms with Crippen LogP contribution in [0.25, 0.3) is 0 Å². The molecule has 0 saturated heterocycles. The van der Waals surface area contributed by atoms with Gasteiger partial charge >= 0.3 is 0 Å². The average molecular weight is 425 g/mol. The van der Waals surface area contributed by atoms with E-state index in [1.807, 2.05) is 39.0 Å². The molecule has 25 heavy (non-hydrogen) atoms. The zero-order chi connectivity index (χ0) is 18.8. The Morgan fingerprint density at radius 2 is 1.88 bits per heavy atom. The van der Waals surface area contributed by atoms with Gasteiger partial charge in [-0.15, -0.1) is 0 Å². The molecular formula is C18H21BrN2O3S. The average Bonchev–Trinajstić information content (AvgIpc) is 2.52. The third kappa shape index (κ3) is 4.90. The van der Waals surface area contributed by atoms with Gasteiger partial charge in [0.05, 0.1) is 10.5 Å². The maximum atomic E-state index is 12.5. The number of amides is 1. The van der Waals surface area contributed by atoms with E-state index in [4.69, 9.17) is 5.14 Å². The van der Waals surface area contributed by atoms with Gasteiger partial charge in [0.2, 0.25) is 10.0 Å². The summed E-state index contributed by atoms with van der Waals surface area (Å²) in [6.07, 6.45) is 0. The fourth-order valence-electron chi connectivity index (χ4n) is 2.42. The first-order valence-electron chi connectivity index (χ1n) is 7.68. The highest BCUT2D eigenvalue weighted by atomic mass is 79.9. The van der Waals surface area contributed by atoms with Crippen LogP contribution in [0.4, 0.5) is 0 Å². The van der Waals surface area contributed by atoms with Gasteiger partial charge in [-0.25, -0.2) is 13.6 Å². The first kappa shape index (κ1) is 19.6. The van der Waals surface area contributed by atoms with Crippen LogP contribution in [0, 0.1) is 6.92 Å². The molecule has 2 rings (SSSR count). The van der Waals surface area contributed by atoms with Crippen LogP contribution in [0.2, 0.25) is 0 Å². The fraction of sp³-hybridized carbons (Fsp3) is 0.278. The molecule has 0 aliphatic carbocycles. The lowest BCUT2D eigenvalue weighted by Gasteiger charge is -2.26. The Balaban J connectivity index is 2.20. The van der Waals surface area contributed by atoms with Crippen molar-refractivity contribution in [1.82, 2.24) is 5.32 Å². The molecule has 1 amide bonds. The Labute approximate surface area is 156 Å². The third-order valence-corrected chi connectivity index (χ3v) is 5.60. The first-order chi connectivity index (χ1) is 11.5. The molecule has 2 aromatic rings. The van der Waals surface area contributed by atoms with E-state index in [1.165, 1.54) is 18.2 Å². The van der Waals surface area contributed by atoms with Crippen molar-refractivity contribution in [2.45, 2.75) is 31.1 Å². The lowest BCUT2D eigenvalue weighted by molar-refractivity contribution is 0.0944. The van der Waals surface area contributed by atoms with Crippen molar-refractivity contribution in [2.24, 2.45) is 5.14 Å². The number of sulfonamides is 1. The number of nitrogens with two attached hydrogens (primary N) is 1. The van der Waals surface area contributed by atoms with E-state index in [-0.39, 0.29) is 21.8 Å². The lowest BCUT2D eigenvalue weighted by atomic mass is 9.84. The zero-order valence-corrected chi connectivity index (χ0v) is 16.7. The minimum absolute atomic E-state index is 0.0983. The number of primary sulfonamides is 1. The summed E-state index contributed by atoms with van der Waals surface area (Å²) in [5.41, 5.74) is 2.23. The number of carbonyl (C=O) groups excluding carboxylic acids is 1. The SMILES string of the molecule is Cc1cccc(C(C)(C)CNC(=O)c2cc(S(N)(=O)=O)ccc2Br)c1. The third-order valence-electron chi connectivity index (χ3n) is 4.00. The van der Waals surface area contributed by atoms with E-state index in [9.17, 15) is 13.2 Å². The number of hydrogen-bond acceptors (Lipinski definition) is 3. The van der Waals surface area contributed by atoms with E-state index in [2.05, 4.69) is 27.3 Å². The summed E-state index contributed by atoms with van der Waals surface area (Å²) in [7, 11) is -3.87. The van der Waals surface area contributed by atoms with Gasteiger partial charge in [-0.2, -0.15) is 0 Å². The molecule has 0 heterocycles. The Hall–Kier alpha value is -1.70. The molecule has 5 nitrogen and oxygen atoms in total. The molecule has 0 unspecified atom stereocenters. The van der Waals surface area contributed by atoms with Crippen molar-refractivity contribution >= 4 is 31.9 Å². The largest absolute Gasteiger partial charge is 0.351 e. The van der Waals surface area contributed by atoms with Gasteiger partial charge in [0.1, 0.15) is 0 Å². The fourth-order valence-corrected chi connectivity index (χ4v) is 3.39. The van der Waals surface area contributed by atoms with E-state index in [1.54, 1.807) is 0 Å². The normalized spacial score (nSPS) is 12.0. The molecule has 0 saturated carbocycles. The molecule has 0 radical (unpaired) electrons. The highest BCUT2D eigenvalue weighted by Gasteiger charge is 2.23. The first-order valence-corrected chi connectivity index (χ1v) is 10.0. The van der Waals surface area contributed by atoms with Crippen LogP contribution in [0.5, 0.6) is 0 Å². The quantitative estimate of drug-likeness (QED) is 0.772. The number of aryl methyl sites for hydroxylation is 1. The summed E-state index contributed by atoms with van der Waals surface area (Å²) < 4.78 is 23.5. The van der Waals surface area contributed by atoms with Crippen molar-refractivity contribution < 1.29 is 13.2 Å². The maximum absolute atomic E-state index is 12.5. The van der Waals surface area contributed by atoms with Crippen LogP contribution in [-0.2, 0) is 15.4 Å². The predicted molar refractivity (Wildman–Crippen MR) is 102 cm³/mol. The van der Waals surface area contributed by atoms with Crippen LogP contribution in [0.15, 0.2) is 51.8 Å². The van der Waals surface area contributed by atoms with Crippen molar-refractivity contribution in [3.63, 3.8) is 0 Å². The molecule has 134 valence electrons. The molecule has 0 aliphatic heterocycles. The van der Waals surface area contributed by atoms with Gasteiger partial charge in [0.25, 0.3) is 5.91 Å². The second-order valence-corrected chi connectivity index (χ2v) is 9.04. The minimum atomic E-state index is -3.87. The van der Waals surface area contributed by atoms with Gasteiger partial charge < -0.3 is 5.32 Å². The number of rotatable bonds is 5. The molecule has 0 bridgehead atoms. The number of benzene rings is 2. The summed E-state index contributed by atoms with van der Waals surface area (Å²) in [4.78, 5) is 12.4. The number of halogens is 1. The molecule has 0 aromatic heterocycles. The molecule has 0 fully saturated rings. The molecule has 2 aromatic carbocycles.